The standard InChI is InChI=1S/C18H14N2O4S/c1-11-6-7-15(12(2)8-11)19-17(21)16(25-18(19)22)10-13-4-3-5-14(9-13)20(23)24/h3-10H,1-2H3/b16-10-. The zero-order chi connectivity index (χ0) is 18.1. The third-order valence-electron chi connectivity index (χ3n) is 3.77. The normalized spacial score (nSPS) is 15.9. The Hall–Kier alpha value is -2.93. The summed E-state index contributed by atoms with van der Waals surface area (Å²) in [5.41, 5.74) is 2.86. The molecular formula is C18H14N2O4S. The van der Waals surface area contributed by atoms with Crippen molar-refractivity contribution in [3.8, 4) is 0 Å². The van der Waals surface area contributed by atoms with Crippen molar-refractivity contribution in [1.29, 1.82) is 0 Å². The Morgan fingerprint density at radius 3 is 2.56 bits per heavy atom. The highest BCUT2D eigenvalue weighted by molar-refractivity contribution is 8.19. The number of amides is 2. The van der Waals surface area contributed by atoms with E-state index < -0.39 is 10.8 Å². The van der Waals surface area contributed by atoms with Crippen LogP contribution in [0.2, 0.25) is 0 Å². The molecular weight excluding hydrogens is 340 g/mol. The summed E-state index contributed by atoms with van der Waals surface area (Å²) < 4.78 is 0. The first kappa shape index (κ1) is 16.9. The molecule has 126 valence electrons. The highest BCUT2D eigenvalue weighted by atomic mass is 32.2. The van der Waals surface area contributed by atoms with E-state index in [2.05, 4.69) is 0 Å². The molecule has 1 saturated heterocycles. The number of carbonyl (C=O) groups is 2. The predicted molar refractivity (Wildman–Crippen MR) is 97.5 cm³/mol. The van der Waals surface area contributed by atoms with Gasteiger partial charge in [-0.05, 0) is 48.9 Å². The van der Waals surface area contributed by atoms with Gasteiger partial charge < -0.3 is 0 Å². The first-order valence-corrected chi connectivity index (χ1v) is 8.28. The summed E-state index contributed by atoms with van der Waals surface area (Å²) in [5, 5.41) is 10.5. The van der Waals surface area contributed by atoms with Crippen LogP contribution in [0.4, 0.5) is 16.2 Å². The first-order valence-electron chi connectivity index (χ1n) is 7.46. The minimum atomic E-state index is -0.501. The fourth-order valence-corrected chi connectivity index (χ4v) is 3.45. The molecule has 2 amide bonds. The van der Waals surface area contributed by atoms with Gasteiger partial charge in [-0.15, -0.1) is 0 Å². The summed E-state index contributed by atoms with van der Waals surface area (Å²) in [4.78, 5) is 36.7. The molecule has 1 heterocycles. The zero-order valence-electron chi connectivity index (χ0n) is 13.6. The van der Waals surface area contributed by atoms with Gasteiger partial charge in [0, 0.05) is 12.1 Å². The summed E-state index contributed by atoms with van der Waals surface area (Å²) in [6, 6.07) is 11.4. The molecule has 0 spiro atoms. The zero-order valence-corrected chi connectivity index (χ0v) is 14.4. The molecule has 0 unspecified atom stereocenters. The van der Waals surface area contributed by atoms with E-state index in [-0.39, 0.29) is 15.8 Å². The number of carbonyl (C=O) groups excluding carboxylic acids is 2. The monoisotopic (exact) mass is 354 g/mol. The minimum Gasteiger partial charge on any atom is -0.268 e. The van der Waals surface area contributed by atoms with Gasteiger partial charge in [-0.1, -0.05) is 29.8 Å². The molecule has 1 fully saturated rings. The van der Waals surface area contributed by atoms with Crippen LogP contribution in [0.1, 0.15) is 16.7 Å². The summed E-state index contributed by atoms with van der Waals surface area (Å²) in [6.07, 6.45) is 1.50. The number of rotatable bonds is 3. The molecule has 0 saturated carbocycles. The van der Waals surface area contributed by atoms with Gasteiger partial charge in [0.15, 0.2) is 0 Å². The number of nitro groups is 1. The number of nitro benzene ring substituents is 1. The quantitative estimate of drug-likeness (QED) is 0.462. The van der Waals surface area contributed by atoms with Gasteiger partial charge in [0.25, 0.3) is 16.8 Å². The average molecular weight is 354 g/mol. The van der Waals surface area contributed by atoms with Crippen LogP contribution in [0.25, 0.3) is 6.08 Å². The molecule has 0 bridgehead atoms. The number of imide groups is 1. The molecule has 2 aromatic rings. The minimum absolute atomic E-state index is 0.0673. The van der Waals surface area contributed by atoms with Gasteiger partial charge in [0.2, 0.25) is 0 Å². The number of non-ortho nitro benzene ring substituents is 1. The van der Waals surface area contributed by atoms with E-state index in [0.29, 0.717) is 11.3 Å². The van der Waals surface area contributed by atoms with Crippen LogP contribution in [0, 0.1) is 24.0 Å². The smallest absolute Gasteiger partial charge is 0.268 e. The molecule has 2 aromatic carbocycles. The number of anilines is 1. The molecule has 0 N–H and O–H groups in total. The number of thioether (sulfide) groups is 1. The molecule has 0 atom stereocenters. The van der Waals surface area contributed by atoms with Crippen molar-refractivity contribution in [1.82, 2.24) is 0 Å². The van der Waals surface area contributed by atoms with E-state index >= 15 is 0 Å². The first-order chi connectivity index (χ1) is 11.9. The van der Waals surface area contributed by atoms with Crippen LogP contribution in [-0.2, 0) is 4.79 Å². The van der Waals surface area contributed by atoms with Gasteiger partial charge in [-0.25, -0.2) is 4.90 Å². The molecule has 1 aliphatic heterocycles. The van der Waals surface area contributed by atoms with Crippen LogP contribution < -0.4 is 4.90 Å². The highest BCUT2D eigenvalue weighted by Gasteiger charge is 2.37. The molecule has 0 aromatic heterocycles. The van der Waals surface area contributed by atoms with Crippen LogP contribution in [0.5, 0.6) is 0 Å². The average Bonchev–Trinajstić information content (AvgIpc) is 2.82. The fraction of sp³-hybridized carbons (Fsp3) is 0.111. The third-order valence-corrected chi connectivity index (χ3v) is 4.64. The Balaban J connectivity index is 1.96. The van der Waals surface area contributed by atoms with E-state index in [1.54, 1.807) is 18.2 Å². The molecule has 6 nitrogen and oxygen atoms in total. The number of hydrogen-bond donors (Lipinski definition) is 0. The van der Waals surface area contributed by atoms with E-state index in [0.717, 1.165) is 27.8 Å². The lowest BCUT2D eigenvalue weighted by Crippen LogP contribution is -2.28. The lowest BCUT2D eigenvalue weighted by Gasteiger charge is -2.15. The van der Waals surface area contributed by atoms with Crippen molar-refractivity contribution in [3.05, 3.63) is 74.2 Å². The second-order valence-corrected chi connectivity index (χ2v) is 6.65. The van der Waals surface area contributed by atoms with Crippen molar-refractivity contribution >= 4 is 40.4 Å². The van der Waals surface area contributed by atoms with Crippen LogP contribution >= 0.6 is 11.8 Å². The largest absolute Gasteiger partial charge is 0.298 e. The van der Waals surface area contributed by atoms with Crippen molar-refractivity contribution in [2.75, 3.05) is 4.90 Å². The van der Waals surface area contributed by atoms with Gasteiger partial charge >= 0.3 is 0 Å². The summed E-state index contributed by atoms with van der Waals surface area (Å²) in [6.45, 7) is 3.78. The SMILES string of the molecule is Cc1ccc(N2C(=O)S/C(=C\c3cccc([N+](=O)[O-])c3)C2=O)c(C)c1. The molecule has 1 aliphatic rings. The van der Waals surface area contributed by atoms with Crippen molar-refractivity contribution < 1.29 is 14.5 Å². The molecule has 25 heavy (non-hydrogen) atoms. The Kier molecular flexibility index (Phi) is 4.41. The van der Waals surface area contributed by atoms with Crippen molar-refractivity contribution in [2.45, 2.75) is 13.8 Å². The van der Waals surface area contributed by atoms with Crippen LogP contribution in [0.3, 0.4) is 0 Å². The van der Waals surface area contributed by atoms with E-state index in [9.17, 15) is 19.7 Å². The third kappa shape index (κ3) is 3.32. The lowest BCUT2D eigenvalue weighted by molar-refractivity contribution is -0.384. The van der Waals surface area contributed by atoms with E-state index in [1.165, 1.54) is 18.2 Å². The second kappa shape index (κ2) is 6.52. The topological polar surface area (TPSA) is 80.5 Å². The van der Waals surface area contributed by atoms with Gasteiger partial charge in [0.05, 0.1) is 15.5 Å². The fourth-order valence-electron chi connectivity index (χ4n) is 2.61. The Morgan fingerprint density at radius 1 is 1.12 bits per heavy atom. The molecule has 7 heteroatoms. The van der Waals surface area contributed by atoms with Gasteiger partial charge in [-0.3, -0.25) is 19.7 Å². The molecule has 0 radical (unpaired) electrons. The van der Waals surface area contributed by atoms with Gasteiger partial charge in [-0.2, -0.15) is 0 Å². The highest BCUT2D eigenvalue weighted by Crippen LogP contribution is 2.37. The molecule has 0 aliphatic carbocycles. The van der Waals surface area contributed by atoms with E-state index in [1.807, 2.05) is 26.0 Å². The van der Waals surface area contributed by atoms with Crippen LogP contribution in [-0.4, -0.2) is 16.1 Å². The van der Waals surface area contributed by atoms with Crippen LogP contribution in [0.15, 0.2) is 47.4 Å². The Labute approximate surface area is 148 Å². The Morgan fingerprint density at radius 2 is 1.88 bits per heavy atom. The number of aryl methyl sites for hydroxylation is 2. The van der Waals surface area contributed by atoms with E-state index in [4.69, 9.17) is 0 Å². The van der Waals surface area contributed by atoms with Gasteiger partial charge in [0.1, 0.15) is 0 Å². The van der Waals surface area contributed by atoms with Crippen molar-refractivity contribution in [3.63, 3.8) is 0 Å². The number of benzene rings is 2. The summed E-state index contributed by atoms with van der Waals surface area (Å²) in [5.74, 6) is -0.423. The maximum atomic E-state index is 12.7. The number of hydrogen-bond acceptors (Lipinski definition) is 5. The summed E-state index contributed by atoms with van der Waals surface area (Å²) in [7, 11) is 0. The lowest BCUT2D eigenvalue weighted by atomic mass is 10.1. The summed E-state index contributed by atoms with van der Waals surface area (Å²) >= 11 is 0.827. The maximum absolute atomic E-state index is 12.7. The predicted octanol–water partition coefficient (Wildman–Crippen LogP) is 4.45. The molecule has 3 rings (SSSR count). The second-order valence-electron chi connectivity index (χ2n) is 5.66. The Bertz CT molecular complexity index is 936. The maximum Gasteiger partial charge on any atom is 0.298 e. The van der Waals surface area contributed by atoms with Crippen molar-refractivity contribution in [2.24, 2.45) is 0 Å². The number of nitrogens with zero attached hydrogens (tertiary/aromatic N) is 2.